The molecule has 1 aliphatic heterocycles. The fourth-order valence-electron chi connectivity index (χ4n) is 2.40. The summed E-state index contributed by atoms with van der Waals surface area (Å²) in [5, 5.41) is 3.34. The normalized spacial score (nSPS) is 14.5. The molecular weight excluding hydrogens is 208 g/mol. The summed E-state index contributed by atoms with van der Waals surface area (Å²) in [6.45, 7) is 10.3. The van der Waals surface area contributed by atoms with Gasteiger partial charge < -0.3 is 10.2 Å². The lowest BCUT2D eigenvalue weighted by Gasteiger charge is -2.32. The zero-order valence-electron chi connectivity index (χ0n) is 10.7. The molecule has 92 valence electrons. The van der Waals surface area contributed by atoms with Crippen LogP contribution in [0.5, 0.6) is 0 Å². The highest BCUT2D eigenvalue weighted by Crippen LogP contribution is 2.26. The van der Waals surface area contributed by atoms with E-state index in [9.17, 15) is 0 Å². The molecule has 1 N–H and O–H groups in total. The third-order valence-electron chi connectivity index (χ3n) is 3.25. The standard InChI is InChI=1S/C15H22N2/c1-3-16-11-13(2)12-17-10-6-8-14-7-4-5-9-15(14)17/h4-5,7,9,16H,2-3,6,8,10-12H2,1H3. The molecule has 0 aliphatic carbocycles. The molecule has 0 atom stereocenters. The highest BCUT2D eigenvalue weighted by Gasteiger charge is 2.16. The van der Waals surface area contributed by atoms with E-state index in [1.54, 1.807) is 0 Å². The van der Waals surface area contributed by atoms with Crippen LogP contribution < -0.4 is 10.2 Å². The van der Waals surface area contributed by atoms with Gasteiger partial charge in [0.2, 0.25) is 0 Å². The first-order chi connectivity index (χ1) is 8.31. The van der Waals surface area contributed by atoms with Gasteiger partial charge in [-0.3, -0.25) is 0 Å². The Morgan fingerprint density at radius 2 is 2.24 bits per heavy atom. The van der Waals surface area contributed by atoms with Gasteiger partial charge in [0.05, 0.1) is 0 Å². The smallest absolute Gasteiger partial charge is 0.0401 e. The van der Waals surface area contributed by atoms with Crippen molar-refractivity contribution in [3.8, 4) is 0 Å². The van der Waals surface area contributed by atoms with Gasteiger partial charge in [0.25, 0.3) is 0 Å². The first kappa shape index (κ1) is 12.2. The maximum absolute atomic E-state index is 4.16. The van der Waals surface area contributed by atoms with E-state index in [0.717, 1.165) is 26.2 Å². The summed E-state index contributed by atoms with van der Waals surface area (Å²) >= 11 is 0. The van der Waals surface area contributed by atoms with Crippen LogP contribution in [0.15, 0.2) is 36.4 Å². The molecule has 0 saturated heterocycles. The fourth-order valence-corrected chi connectivity index (χ4v) is 2.40. The van der Waals surface area contributed by atoms with E-state index in [1.165, 1.54) is 29.7 Å². The predicted octanol–water partition coefficient (Wildman–Crippen LogP) is 2.60. The Hall–Kier alpha value is -1.28. The molecule has 2 rings (SSSR count). The van der Waals surface area contributed by atoms with Crippen LogP contribution in [0.2, 0.25) is 0 Å². The average molecular weight is 230 g/mol. The molecule has 2 heteroatoms. The first-order valence-corrected chi connectivity index (χ1v) is 6.51. The Morgan fingerprint density at radius 1 is 1.41 bits per heavy atom. The SMILES string of the molecule is C=C(CNCC)CN1CCCc2ccccc21. The zero-order valence-corrected chi connectivity index (χ0v) is 10.7. The largest absolute Gasteiger partial charge is 0.367 e. The second-order valence-electron chi connectivity index (χ2n) is 4.68. The summed E-state index contributed by atoms with van der Waals surface area (Å²) in [6.07, 6.45) is 2.47. The number of hydrogen-bond donors (Lipinski definition) is 1. The van der Waals surface area contributed by atoms with Crippen molar-refractivity contribution in [3.05, 3.63) is 42.0 Å². The van der Waals surface area contributed by atoms with Crippen molar-refractivity contribution in [2.24, 2.45) is 0 Å². The van der Waals surface area contributed by atoms with Crippen molar-refractivity contribution < 1.29 is 0 Å². The van der Waals surface area contributed by atoms with Crippen molar-refractivity contribution in [2.45, 2.75) is 19.8 Å². The van der Waals surface area contributed by atoms with Crippen molar-refractivity contribution in [1.29, 1.82) is 0 Å². The molecule has 0 aromatic heterocycles. The molecular formula is C15H22N2. The molecule has 1 aromatic carbocycles. The van der Waals surface area contributed by atoms with E-state index in [1.807, 2.05) is 0 Å². The summed E-state index contributed by atoms with van der Waals surface area (Å²) in [5.41, 5.74) is 4.15. The molecule has 0 saturated carbocycles. The number of nitrogens with one attached hydrogen (secondary N) is 1. The van der Waals surface area contributed by atoms with Gasteiger partial charge in [0.15, 0.2) is 0 Å². The van der Waals surface area contributed by atoms with Gasteiger partial charge in [-0.15, -0.1) is 0 Å². The average Bonchev–Trinajstić information content (AvgIpc) is 2.37. The Kier molecular flexibility index (Phi) is 4.21. The van der Waals surface area contributed by atoms with Crippen LogP contribution >= 0.6 is 0 Å². The second kappa shape index (κ2) is 5.87. The van der Waals surface area contributed by atoms with Crippen molar-refractivity contribution >= 4 is 5.69 Å². The van der Waals surface area contributed by atoms with Gasteiger partial charge in [0.1, 0.15) is 0 Å². The minimum atomic E-state index is 0.926. The molecule has 2 nitrogen and oxygen atoms in total. The number of aryl methyl sites for hydroxylation is 1. The highest BCUT2D eigenvalue weighted by molar-refractivity contribution is 5.56. The minimum Gasteiger partial charge on any atom is -0.367 e. The van der Waals surface area contributed by atoms with Gasteiger partial charge in [-0.2, -0.15) is 0 Å². The van der Waals surface area contributed by atoms with Crippen LogP contribution in [0.1, 0.15) is 18.9 Å². The Labute approximate surface area is 104 Å². The summed E-state index contributed by atoms with van der Waals surface area (Å²) in [5.74, 6) is 0. The summed E-state index contributed by atoms with van der Waals surface area (Å²) in [4.78, 5) is 2.46. The minimum absolute atomic E-state index is 0.926. The second-order valence-corrected chi connectivity index (χ2v) is 4.68. The van der Waals surface area contributed by atoms with Crippen LogP contribution in [0.25, 0.3) is 0 Å². The Balaban J connectivity index is 2.01. The van der Waals surface area contributed by atoms with Gasteiger partial charge in [0, 0.05) is 25.3 Å². The lowest BCUT2D eigenvalue weighted by atomic mass is 10.0. The molecule has 0 bridgehead atoms. The Bertz CT molecular complexity index is 384. The lowest BCUT2D eigenvalue weighted by molar-refractivity contribution is 0.693. The van der Waals surface area contributed by atoms with E-state index in [2.05, 4.69) is 48.0 Å². The van der Waals surface area contributed by atoms with E-state index in [4.69, 9.17) is 0 Å². The van der Waals surface area contributed by atoms with Gasteiger partial charge in [-0.1, -0.05) is 31.7 Å². The summed E-state index contributed by atoms with van der Waals surface area (Å²) < 4.78 is 0. The van der Waals surface area contributed by atoms with Crippen molar-refractivity contribution in [2.75, 3.05) is 31.1 Å². The number of para-hydroxylation sites is 1. The van der Waals surface area contributed by atoms with Crippen LogP contribution in [0.3, 0.4) is 0 Å². The van der Waals surface area contributed by atoms with Crippen LogP contribution in [-0.4, -0.2) is 26.2 Å². The molecule has 0 unspecified atom stereocenters. The van der Waals surface area contributed by atoms with Crippen molar-refractivity contribution in [3.63, 3.8) is 0 Å². The third kappa shape index (κ3) is 3.10. The van der Waals surface area contributed by atoms with Crippen LogP contribution in [0.4, 0.5) is 5.69 Å². The van der Waals surface area contributed by atoms with Crippen molar-refractivity contribution in [1.82, 2.24) is 5.32 Å². The molecule has 0 amide bonds. The molecule has 1 aliphatic rings. The molecule has 17 heavy (non-hydrogen) atoms. The number of hydrogen-bond acceptors (Lipinski definition) is 2. The van der Waals surface area contributed by atoms with Gasteiger partial charge in [-0.25, -0.2) is 0 Å². The first-order valence-electron chi connectivity index (χ1n) is 6.51. The van der Waals surface area contributed by atoms with E-state index >= 15 is 0 Å². The van der Waals surface area contributed by atoms with Crippen LogP contribution in [-0.2, 0) is 6.42 Å². The third-order valence-corrected chi connectivity index (χ3v) is 3.25. The van der Waals surface area contributed by atoms with Gasteiger partial charge in [-0.05, 0) is 36.6 Å². The summed E-state index contributed by atoms with van der Waals surface area (Å²) in [7, 11) is 0. The number of benzene rings is 1. The number of fused-ring (bicyclic) bond motifs is 1. The molecule has 0 fully saturated rings. The predicted molar refractivity (Wildman–Crippen MR) is 74.7 cm³/mol. The quantitative estimate of drug-likeness (QED) is 0.782. The number of anilines is 1. The fraction of sp³-hybridized carbons (Fsp3) is 0.467. The van der Waals surface area contributed by atoms with Crippen LogP contribution in [0, 0.1) is 0 Å². The topological polar surface area (TPSA) is 15.3 Å². The highest BCUT2D eigenvalue weighted by atomic mass is 15.1. The monoisotopic (exact) mass is 230 g/mol. The number of likely N-dealkylation sites (N-methyl/N-ethyl adjacent to an activating group) is 1. The van der Waals surface area contributed by atoms with E-state index in [-0.39, 0.29) is 0 Å². The molecule has 0 radical (unpaired) electrons. The van der Waals surface area contributed by atoms with E-state index in [0.29, 0.717) is 0 Å². The molecule has 1 aromatic rings. The van der Waals surface area contributed by atoms with Gasteiger partial charge >= 0.3 is 0 Å². The maximum Gasteiger partial charge on any atom is 0.0401 e. The number of rotatable bonds is 5. The molecule has 0 spiro atoms. The number of nitrogens with zero attached hydrogens (tertiary/aromatic N) is 1. The zero-order chi connectivity index (χ0) is 12.1. The Morgan fingerprint density at radius 3 is 3.06 bits per heavy atom. The molecule has 1 heterocycles. The summed E-state index contributed by atoms with van der Waals surface area (Å²) in [6, 6.07) is 8.74. The lowest BCUT2D eigenvalue weighted by Crippen LogP contribution is -2.33. The van der Waals surface area contributed by atoms with E-state index < -0.39 is 0 Å². The maximum atomic E-state index is 4.16.